The molecule has 1 aromatic rings. The fourth-order valence-electron chi connectivity index (χ4n) is 2.57. The predicted octanol–water partition coefficient (Wildman–Crippen LogP) is 3.64. The summed E-state index contributed by atoms with van der Waals surface area (Å²) < 4.78 is 5.78. The zero-order valence-corrected chi connectivity index (χ0v) is 12.8. The van der Waals surface area contributed by atoms with Gasteiger partial charge in [0.15, 0.2) is 0 Å². The van der Waals surface area contributed by atoms with Gasteiger partial charge in [-0.15, -0.1) is 0 Å². The smallest absolute Gasteiger partial charge is 0.0779 e. The molecular formula is C17H27NO. The summed E-state index contributed by atoms with van der Waals surface area (Å²) in [6.07, 6.45) is 2.36. The van der Waals surface area contributed by atoms with Crippen LogP contribution in [0.1, 0.15) is 51.7 Å². The lowest BCUT2D eigenvalue weighted by Crippen LogP contribution is -2.36. The van der Waals surface area contributed by atoms with Gasteiger partial charge < -0.3 is 10.1 Å². The van der Waals surface area contributed by atoms with Crippen LogP contribution >= 0.6 is 0 Å². The van der Waals surface area contributed by atoms with E-state index in [9.17, 15) is 0 Å². The van der Waals surface area contributed by atoms with Crippen molar-refractivity contribution in [2.45, 2.75) is 58.1 Å². The Morgan fingerprint density at radius 1 is 1.21 bits per heavy atom. The maximum Gasteiger partial charge on any atom is 0.0779 e. The minimum absolute atomic E-state index is 0.0470. The molecule has 2 heteroatoms. The van der Waals surface area contributed by atoms with Gasteiger partial charge >= 0.3 is 0 Å². The summed E-state index contributed by atoms with van der Waals surface area (Å²) in [6, 6.07) is 8.94. The molecule has 0 aromatic heterocycles. The van der Waals surface area contributed by atoms with Crippen LogP contribution in [-0.2, 0) is 16.7 Å². The molecule has 1 saturated heterocycles. The molecule has 0 amide bonds. The standard InChI is InChI=1S/C17H27NO/c1-16(2,3)15-8-6-14(7-9-15)12-18-13-17(4)10-5-11-19-17/h6-9,18H,5,10-13H2,1-4H3. The second-order valence-corrected chi connectivity index (χ2v) is 6.95. The van der Waals surface area contributed by atoms with E-state index >= 15 is 0 Å². The molecule has 1 heterocycles. The molecule has 2 nitrogen and oxygen atoms in total. The molecule has 2 rings (SSSR count). The van der Waals surface area contributed by atoms with Crippen molar-refractivity contribution in [3.63, 3.8) is 0 Å². The zero-order chi connectivity index (χ0) is 13.9. The van der Waals surface area contributed by atoms with Gasteiger partial charge in [-0.05, 0) is 36.3 Å². The lowest BCUT2D eigenvalue weighted by Gasteiger charge is -2.23. The van der Waals surface area contributed by atoms with E-state index in [0.29, 0.717) is 0 Å². The van der Waals surface area contributed by atoms with Crippen molar-refractivity contribution in [1.29, 1.82) is 0 Å². The van der Waals surface area contributed by atoms with Gasteiger partial charge in [0.1, 0.15) is 0 Å². The fourth-order valence-corrected chi connectivity index (χ4v) is 2.57. The summed E-state index contributed by atoms with van der Waals surface area (Å²) in [4.78, 5) is 0. The van der Waals surface area contributed by atoms with Gasteiger partial charge in [0.25, 0.3) is 0 Å². The largest absolute Gasteiger partial charge is 0.374 e. The van der Waals surface area contributed by atoms with Gasteiger partial charge in [-0.25, -0.2) is 0 Å². The first-order valence-corrected chi connectivity index (χ1v) is 7.33. The molecule has 19 heavy (non-hydrogen) atoms. The van der Waals surface area contributed by atoms with E-state index in [4.69, 9.17) is 4.74 Å². The summed E-state index contributed by atoms with van der Waals surface area (Å²) in [5, 5.41) is 3.52. The van der Waals surface area contributed by atoms with Crippen LogP contribution < -0.4 is 5.32 Å². The summed E-state index contributed by atoms with van der Waals surface area (Å²) in [5.41, 5.74) is 3.01. The number of hydrogen-bond donors (Lipinski definition) is 1. The minimum atomic E-state index is 0.0470. The van der Waals surface area contributed by atoms with Crippen LogP contribution in [0.15, 0.2) is 24.3 Å². The van der Waals surface area contributed by atoms with Gasteiger partial charge in [0.2, 0.25) is 0 Å². The monoisotopic (exact) mass is 261 g/mol. The highest BCUT2D eigenvalue weighted by atomic mass is 16.5. The highest BCUT2D eigenvalue weighted by Crippen LogP contribution is 2.24. The molecule has 1 N–H and O–H groups in total. The molecule has 1 fully saturated rings. The lowest BCUT2D eigenvalue weighted by atomic mass is 9.87. The molecule has 0 saturated carbocycles. The van der Waals surface area contributed by atoms with E-state index in [-0.39, 0.29) is 11.0 Å². The Morgan fingerprint density at radius 2 is 1.89 bits per heavy atom. The number of rotatable bonds is 4. The van der Waals surface area contributed by atoms with Crippen molar-refractivity contribution < 1.29 is 4.74 Å². The van der Waals surface area contributed by atoms with Gasteiger partial charge in [0, 0.05) is 19.7 Å². The number of hydrogen-bond acceptors (Lipinski definition) is 2. The SMILES string of the molecule is CC1(CNCc2ccc(C(C)(C)C)cc2)CCCO1. The van der Waals surface area contributed by atoms with E-state index in [1.807, 2.05) is 0 Å². The van der Waals surface area contributed by atoms with Crippen molar-refractivity contribution in [3.8, 4) is 0 Å². The zero-order valence-electron chi connectivity index (χ0n) is 12.8. The quantitative estimate of drug-likeness (QED) is 0.893. The van der Waals surface area contributed by atoms with Crippen molar-refractivity contribution in [2.75, 3.05) is 13.2 Å². The molecule has 1 aromatic carbocycles. The molecular weight excluding hydrogens is 234 g/mol. The average Bonchev–Trinajstić information content (AvgIpc) is 2.76. The first-order valence-electron chi connectivity index (χ1n) is 7.33. The molecule has 106 valence electrons. The van der Waals surface area contributed by atoms with Crippen molar-refractivity contribution in [2.24, 2.45) is 0 Å². The molecule has 0 bridgehead atoms. The third-order valence-corrected chi connectivity index (χ3v) is 3.95. The minimum Gasteiger partial charge on any atom is -0.374 e. The van der Waals surface area contributed by atoms with Crippen molar-refractivity contribution >= 4 is 0 Å². The second-order valence-electron chi connectivity index (χ2n) is 6.95. The van der Waals surface area contributed by atoms with Crippen LogP contribution in [0.25, 0.3) is 0 Å². The Labute approximate surface area is 117 Å². The Bertz CT molecular complexity index is 396. The Kier molecular flexibility index (Phi) is 4.32. The molecule has 1 aliphatic heterocycles. The Morgan fingerprint density at radius 3 is 2.42 bits per heavy atom. The maximum absolute atomic E-state index is 5.78. The van der Waals surface area contributed by atoms with Crippen LogP contribution in [0.3, 0.4) is 0 Å². The molecule has 0 radical (unpaired) electrons. The highest BCUT2D eigenvalue weighted by Gasteiger charge is 2.28. The third kappa shape index (κ3) is 4.05. The van der Waals surface area contributed by atoms with E-state index in [2.05, 4.69) is 57.3 Å². The summed E-state index contributed by atoms with van der Waals surface area (Å²) in [7, 11) is 0. The molecule has 1 unspecified atom stereocenters. The average molecular weight is 261 g/mol. The van der Waals surface area contributed by atoms with Gasteiger partial charge in [-0.1, -0.05) is 45.0 Å². The lowest BCUT2D eigenvalue weighted by molar-refractivity contribution is 0.0207. The topological polar surface area (TPSA) is 21.3 Å². The third-order valence-electron chi connectivity index (χ3n) is 3.95. The number of benzene rings is 1. The van der Waals surface area contributed by atoms with E-state index in [1.165, 1.54) is 24.0 Å². The Balaban J connectivity index is 1.83. The van der Waals surface area contributed by atoms with E-state index in [1.54, 1.807) is 0 Å². The number of nitrogens with one attached hydrogen (secondary N) is 1. The fraction of sp³-hybridized carbons (Fsp3) is 0.647. The van der Waals surface area contributed by atoms with Crippen LogP contribution in [0.5, 0.6) is 0 Å². The Hall–Kier alpha value is -0.860. The summed E-state index contributed by atoms with van der Waals surface area (Å²) >= 11 is 0. The molecule has 1 atom stereocenters. The predicted molar refractivity (Wildman–Crippen MR) is 80.4 cm³/mol. The van der Waals surface area contributed by atoms with Crippen LogP contribution in [0.2, 0.25) is 0 Å². The highest BCUT2D eigenvalue weighted by molar-refractivity contribution is 5.27. The molecule has 0 aliphatic carbocycles. The molecule has 1 aliphatic rings. The van der Waals surface area contributed by atoms with E-state index in [0.717, 1.165) is 19.7 Å². The van der Waals surface area contributed by atoms with Gasteiger partial charge in [-0.3, -0.25) is 0 Å². The maximum atomic E-state index is 5.78. The number of ether oxygens (including phenoxy) is 1. The van der Waals surface area contributed by atoms with Crippen molar-refractivity contribution in [3.05, 3.63) is 35.4 Å². The van der Waals surface area contributed by atoms with Gasteiger partial charge in [0.05, 0.1) is 5.60 Å². The van der Waals surface area contributed by atoms with Crippen molar-refractivity contribution in [1.82, 2.24) is 5.32 Å². The normalized spacial score (nSPS) is 23.8. The van der Waals surface area contributed by atoms with E-state index < -0.39 is 0 Å². The van der Waals surface area contributed by atoms with Crippen LogP contribution in [0, 0.1) is 0 Å². The second kappa shape index (κ2) is 5.64. The van der Waals surface area contributed by atoms with Crippen LogP contribution in [-0.4, -0.2) is 18.8 Å². The summed E-state index contributed by atoms with van der Waals surface area (Å²) in [6.45, 7) is 11.7. The van der Waals surface area contributed by atoms with Crippen LogP contribution in [0.4, 0.5) is 0 Å². The van der Waals surface area contributed by atoms with Gasteiger partial charge in [-0.2, -0.15) is 0 Å². The summed E-state index contributed by atoms with van der Waals surface area (Å²) in [5.74, 6) is 0. The first kappa shape index (κ1) is 14.5. The molecule has 0 spiro atoms. The first-order chi connectivity index (χ1) is 8.89.